The van der Waals surface area contributed by atoms with Crippen LogP contribution in [0.2, 0.25) is 0 Å². The number of ketones is 1. The van der Waals surface area contributed by atoms with Crippen molar-refractivity contribution in [2.75, 3.05) is 6.61 Å². The number of dihydropyridines is 1. The predicted octanol–water partition coefficient (Wildman–Crippen LogP) is 5.35. The number of nitrogens with one attached hydrogen (secondary N) is 1. The van der Waals surface area contributed by atoms with Crippen LogP contribution in [0.25, 0.3) is 5.70 Å². The van der Waals surface area contributed by atoms with Crippen LogP contribution in [0.15, 0.2) is 89.6 Å². The Kier molecular flexibility index (Phi) is 6.02. The van der Waals surface area contributed by atoms with Crippen molar-refractivity contribution in [1.29, 1.82) is 0 Å². The third-order valence-electron chi connectivity index (χ3n) is 6.43. The summed E-state index contributed by atoms with van der Waals surface area (Å²) in [5, 5.41) is 3.28. The van der Waals surface area contributed by atoms with E-state index in [-0.39, 0.29) is 12.4 Å². The first kappa shape index (κ1) is 23.3. The van der Waals surface area contributed by atoms with Crippen molar-refractivity contribution in [2.45, 2.75) is 26.7 Å². The molecule has 1 aliphatic heterocycles. The Bertz CT molecular complexity index is 1460. The number of ether oxygens (including phenoxy) is 2. The Morgan fingerprint density at radius 2 is 1.61 bits per heavy atom. The van der Waals surface area contributed by atoms with Gasteiger partial charge in [0.05, 0.1) is 23.4 Å². The van der Waals surface area contributed by atoms with Crippen LogP contribution in [-0.2, 0) is 9.53 Å². The highest BCUT2D eigenvalue weighted by Gasteiger charge is 2.43. The van der Waals surface area contributed by atoms with Gasteiger partial charge in [-0.3, -0.25) is 4.79 Å². The molecule has 0 unspecified atom stereocenters. The van der Waals surface area contributed by atoms with Gasteiger partial charge < -0.3 is 14.8 Å². The average molecular weight is 480 g/mol. The van der Waals surface area contributed by atoms with Gasteiger partial charge in [0.15, 0.2) is 5.78 Å². The summed E-state index contributed by atoms with van der Waals surface area (Å²) >= 11 is 0. The van der Waals surface area contributed by atoms with E-state index in [0.29, 0.717) is 45.0 Å². The van der Waals surface area contributed by atoms with Gasteiger partial charge in [0.25, 0.3) is 0 Å². The number of allylic oxidation sites excluding steroid dienone is 2. The van der Waals surface area contributed by atoms with Crippen molar-refractivity contribution in [2.24, 2.45) is 0 Å². The maximum Gasteiger partial charge on any atom is 0.343 e. The molecule has 0 fully saturated rings. The van der Waals surface area contributed by atoms with Gasteiger partial charge in [-0.25, -0.2) is 9.59 Å². The summed E-state index contributed by atoms with van der Waals surface area (Å²) in [6.45, 7) is 5.69. The number of hydrogen-bond donors (Lipinski definition) is 1. The number of Topliss-reactive ketones (excluding diaryl/α,β-unsaturated/α-hetero) is 1. The molecule has 0 aromatic heterocycles. The monoisotopic (exact) mass is 479 g/mol. The molecule has 0 bridgehead atoms. The van der Waals surface area contributed by atoms with E-state index in [1.165, 1.54) is 0 Å². The maximum atomic E-state index is 13.6. The summed E-state index contributed by atoms with van der Waals surface area (Å²) in [7, 11) is 0. The Morgan fingerprint density at radius 3 is 2.33 bits per heavy atom. The first-order valence-electron chi connectivity index (χ1n) is 11.8. The fraction of sp³-hybridized carbons (Fsp3) is 0.167. The number of fused-ring (bicyclic) bond motifs is 2. The topological polar surface area (TPSA) is 81.7 Å². The lowest BCUT2D eigenvalue weighted by Crippen LogP contribution is -2.29. The molecule has 2 aliphatic rings. The molecule has 1 heterocycles. The van der Waals surface area contributed by atoms with E-state index < -0.39 is 17.9 Å². The van der Waals surface area contributed by atoms with Crippen LogP contribution in [-0.4, -0.2) is 24.3 Å². The van der Waals surface area contributed by atoms with Crippen LogP contribution >= 0.6 is 0 Å². The van der Waals surface area contributed by atoms with E-state index in [1.54, 1.807) is 50.2 Å². The van der Waals surface area contributed by atoms with Crippen molar-refractivity contribution in [3.05, 3.63) is 117 Å². The molecule has 0 saturated carbocycles. The summed E-state index contributed by atoms with van der Waals surface area (Å²) in [5.41, 5.74) is 5.65. The fourth-order valence-corrected chi connectivity index (χ4v) is 4.75. The van der Waals surface area contributed by atoms with Crippen molar-refractivity contribution in [3.8, 4) is 5.75 Å². The molecule has 3 aromatic rings. The zero-order chi connectivity index (χ0) is 25.4. The molecule has 180 valence electrons. The molecule has 0 spiro atoms. The highest BCUT2D eigenvalue weighted by molar-refractivity contribution is 6.23. The number of aryl methyl sites for hydroxylation is 1. The molecule has 0 amide bonds. The molecule has 1 N–H and O–H groups in total. The molecule has 0 saturated heterocycles. The molecule has 1 atom stereocenters. The molecule has 3 aromatic carbocycles. The van der Waals surface area contributed by atoms with Gasteiger partial charge >= 0.3 is 11.9 Å². The number of rotatable bonds is 5. The Balaban J connectivity index is 1.57. The van der Waals surface area contributed by atoms with Crippen LogP contribution in [0.3, 0.4) is 0 Å². The summed E-state index contributed by atoms with van der Waals surface area (Å²) < 4.78 is 11.0. The minimum Gasteiger partial charge on any atom is -0.463 e. The Morgan fingerprint density at radius 1 is 0.889 bits per heavy atom. The lowest BCUT2D eigenvalue weighted by atomic mass is 9.80. The average Bonchev–Trinajstić information content (AvgIpc) is 3.15. The van der Waals surface area contributed by atoms with Gasteiger partial charge in [-0.1, -0.05) is 54.1 Å². The normalized spacial score (nSPS) is 16.3. The first-order valence-corrected chi connectivity index (χ1v) is 11.8. The van der Waals surface area contributed by atoms with Gasteiger partial charge in [-0.05, 0) is 50.6 Å². The van der Waals surface area contributed by atoms with Crippen molar-refractivity contribution in [3.63, 3.8) is 0 Å². The molecule has 0 radical (unpaired) electrons. The number of hydrogen-bond acceptors (Lipinski definition) is 6. The number of benzene rings is 3. The third-order valence-corrected chi connectivity index (χ3v) is 6.43. The molecule has 36 heavy (non-hydrogen) atoms. The molecule has 6 heteroatoms. The molecular formula is C30H25NO5. The van der Waals surface area contributed by atoms with Crippen LogP contribution in [0, 0.1) is 6.92 Å². The van der Waals surface area contributed by atoms with Crippen LogP contribution in [0.4, 0.5) is 0 Å². The highest BCUT2D eigenvalue weighted by atomic mass is 16.5. The largest absolute Gasteiger partial charge is 0.463 e. The van der Waals surface area contributed by atoms with Crippen molar-refractivity contribution in [1.82, 2.24) is 5.32 Å². The summed E-state index contributed by atoms with van der Waals surface area (Å²) in [5.74, 6) is -1.49. The second-order valence-electron chi connectivity index (χ2n) is 8.81. The van der Waals surface area contributed by atoms with Gasteiger partial charge in [0, 0.05) is 28.3 Å². The van der Waals surface area contributed by atoms with Gasteiger partial charge in [-0.2, -0.15) is 0 Å². The molecular weight excluding hydrogens is 454 g/mol. The fourth-order valence-electron chi connectivity index (χ4n) is 4.75. The minimum absolute atomic E-state index is 0.144. The van der Waals surface area contributed by atoms with Crippen LogP contribution in [0.5, 0.6) is 5.75 Å². The smallest absolute Gasteiger partial charge is 0.343 e. The maximum absolute atomic E-state index is 13.6. The number of carbonyl (C=O) groups is 3. The third kappa shape index (κ3) is 4.01. The zero-order valence-electron chi connectivity index (χ0n) is 20.3. The van der Waals surface area contributed by atoms with Crippen molar-refractivity contribution < 1.29 is 23.9 Å². The Hall–Kier alpha value is -4.45. The minimum atomic E-state index is -0.682. The number of carbonyl (C=O) groups excluding carboxylic acids is 3. The van der Waals surface area contributed by atoms with E-state index in [0.717, 1.165) is 11.1 Å². The van der Waals surface area contributed by atoms with Crippen LogP contribution in [0.1, 0.15) is 57.2 Å². The number of esters is 2. The lowest BCUT2D eigenvalue weighted by Gasteiger charge is -2.29. The van der Waals surface area contributed by atoms with E-state index in [4.69, 9.17) is 9.47 Å². The van der Waals surface area contributed by atoms with Gasteiger partial charge in [0.1, 0.15) is 5.75 Å². The van der Waals surface area contributed by atoms with E-state index in [1.807, 2.05) is 43.3 Å². The van der Waals surface area contributed by atoms with E-state index >= 15 is 0 Å². The van der Waals surface area contributed by atoms with Crippen molar-refractivity contribution >= 4 is 23.4 Å². The van der Waals surface area contributed by atoms with Gasteiger partial charge in [0.2, 0.25) is 0 Å². The lowest BCUT2D eigenvalue weighted by molar-refractivity contribution is -0.138. The van der Waals surface area contributed by atoms with Gasteiger partial charge in [-0.15, -0.1) is 0 Å². The molecule has 1 aliphatic carbocycles. The predicted molar refractivity (Wildman–Crippen MR) is 135 cm³/mol. The van der Waals surface area contributed by atoms with E-state index in [2.05, 4.69) is 5.32 Å². The van der Waals surface area contributed by atoms with Crippen LogP contribution < -0.4 is 10.1 Å². The second-order valence-corrected chi connectivity index (χ2v) is 8.81. The summed E-state index contributed by atoms with van der Waals surface area (Å²) in [6, 6.07) is 21.5. The molecule has 6 nitrogen and oxygen atoms in total. The SMILES string of the molecule is CCOC(=O)C1=C(C)NC2=C(C(=O)c3ccccc32)[C@H]1c1cccc(OC(=O)c2ccc(C)cc2)c1. The second kappa shape index (κ2) is 9.30. The standard InChI is InChI=1S/C30H25NO5/c1-4-35-30(34)24-18(3)31-27-22-10-5-6-11-23(22)28(32)26(27)25(24)20-8-7-9-21(16-20)36-29(33)19-14-12-17(2)13-15-19/h5-16,25,31H,4H2,1-3H3/t25-/m0/s1. The summed E-state index contributed by atoms with van der Waals surface area (Å²) in [6.07, 6.45) is 0. The zero-order valence-corrected chi connectivity index (χ0v) is 20.3. The first-order chi connectivity index (χ1) is 17.4. The summed E-state index contributed by atoms with van der Waals surface area (Å²) in [4.78, 5) is 39.4. The molecule has 5 rings (SSSR count). The van der Waals surface area contributed by atoms with E-state index in [9.17, 15) is 14.4 Å². The quantitative estimate of drug-likeness (QED) is 0.393. The Labute approximate surface area is 209 Å². The highest BCUT2D eigenvalue weighted by Crippen LogP contribution is 2.47.